The van der Waals surface area contributed by atoms with Crippen molar-refractivity contribution in [3.63, 3.8) is 0 Å². The van der Waals surface area contributed by atoms with Gasteiger partial charge in [0.15, 0.2) is 0 Å². The summed E-state index contributed by atoms with van der Waals surface area (Å²) >= 11 is 0. The maximum absolute atomic E-state index is 9.56. The largest absolute Gasteiger partial charge is 0.393 e. The van der Waals surface area contributed by atoms with Gasteiger partial charge in [0.05, 0.1) is 6.10 Å². The second-order valence-corrected chi connectivity index (χ2v) is 6.19. The molecule has 1 aliphatic rings. The molecule has 1 aromatic carbocycles. The third-order valence-corrected chi connectivity index (χ3v) is 4.53. The van der Waals surface area contributed by atoms with Crippen LogP contribution in [0.15, 0.2) is 12.1 Å². The Morgan fingerprint density at radius 1 is 1.00 bits per heavy atom. The molecule has 1 unspecified atom stereocenters. The second-order valence-electron chi connectivity index (χ2n) is 6.19. The molecule has 19 heavy (non-hydrogen) atoms. The lowest BCUT2D eigenvalue weighted by Crippen LogP contribution is -2.36. The summed E-state index contributed by atoms with van der Waals surface area (Å²) in [7, 11) is 0. The van der Waals surface area contributed by atoms with Crippen molar-refractivity contribution in [1.82, 2.24) is 5.32 Å². The van der Waals surface area contributed by atoms with Crippen molar-refractivity contribution in [3.05, 3.63) is 34.4 Å². The number of hydrogen-bond acceptors (Lipinski definition) is 2. The van der Waals surface area contributed by atoms with E-state index in [-0.39, 0.29) is 6.10 Å². The van der Waals surface area contributed by atoms with Crippen molar-refractivity contribution in [2.75, 3.05) is 0 Å². The monoisotopic (exact) mass is 261 g/mol. The number of hydrogen-bond donors (Lipinski definition) is 2. The van der Waals surface area contributed by atoms with Gasteiger partial charge < -0.3 is 10.4 Å². The lowest BCUT2D eigenvalue weighted by atomic mass is 9.91. The summed E-state index contributed by atoms with van der Waals surface area (Å²) in [4.78, 5) is 0. The Bertz CT molecular complexity index is 433. The molecule has 0 heterocycles. The molecule has 2 rings (SSSR count). The van der Waals surface area contributed by atoms with E-state index in [2.05, 4.69) is 45.1 Å². The van der Waals surface area contributed by atoms with Gasteiger partial charge in [-0.05, 0) is 75.6 Å². The van der Waals surface area contributed by atoms with Gasteiger partial charge >= 0.3 is 0 Å². The predicted molar refractivity (Wildman–Crippen MR) is 80.5 cm³/mol. The zero-order valence-electron chi connectivity index (χ0n) is 12.7. The number of nitrogens with one attached hydrogen (secondary N) is 1. The summed E-state index contributed by atoms with van der Waals surface area (Å²) in [5.74, 6) is 0. The minimum Gasteiger partial charge on any atom is -0.393 e. The number of rotatable bonds is 3. The quantitative estimate of drug-likeness (QED) is 0.872. The van der Waals surface area contributed by atoms with Crippen molar-refractivity contribution in [2.24, 2.45) is 0 Å². The standard InChI is InChI=1S/C17H27NO/c1-11-9-13(3)17(10-12(11)2)14(4)18-15-5-7-16(19)8-6-15/h9-10,14-16,18-19H,5-8H2,1-4H3. The van der Waals surface area contributed by atoms with E-state index in [1.54, 1.807) is 0 Å². The summed E-state index contributed by atoms with van der Waals surface area (Å²) in [6, 6.07) is 5.55. The van der Waals surface area contributed by atoms with Gasteiger partial charge in [-0.1, -0.05) is 12.1 Å². The molecule has 0 aliphatic heterocycles. The number of aliphatic hydroxyl groups is 1. The van der Waals surface area contributed by atoms with Gasteiger partial charge in [0, 0.05) is 12.1 Å². The Morgan fingerprint density at radius 3 is 2.21 bits per heavy atom. The van der Waals surface area contributed by atoms with Gasteiger partial charge in [-0.25, -0.2) is 0 Å². The molecule has 1 atom stereocenters. The molecule has 0 bridgehead atoms. The Hall–Kier alpha value is -0.860. The average molecular weight is 261 g/mol. The summed E-state index contributed by atoms with van der Waals surface area (Å²) in [5, 5.41) is 13.3. The minimum absolute atomic E-state index is 0.0725. The molecule has 1 saturated carbocycles. The SMILES string of the molecule is Cc1cc(C)c(C(C)NC2CCC(O)CC2)cc1C. The summed E-state index contributed by atoms with van der Waals surface area (Å²) in [6.07, 6.45) is 3.99. The van der Waals surface area contributed by atoms with Crippen LogP contribution in [0.4, 0.5) is 0 Å². The molecule has 1 fully saturated rings. The molecule has 2 heteroatoms. The van der Waals surface area contributed by atoms with Gasteiger partial charge in [-0.2, -0.15) is 0 Å². The Balaban J connectivity index is 2.03. The topological polar surface area (TPSA) is 32.3 Å². The summed E-state index contributed by atoms with van der Waals surface area (Å²) in [5.41, 5.74) is 5.52. The van der Waals surface area contributed by atoms with Crippen LogP contribution < -0.4 is 5.32 Å². The zero-order valence-corrected chi connectivity index (χ0v) is 12.7. The Kier molecular flexibility index (Phi) is 4.64. The van der Waals surface area contributed by atoms with E-state index in [1.807, 2.05) is 0 Å². The highest BCUT2D eigenvalue weighted by Gasteiger charge is 2.21. The Morgan fingerprint density at radius 2 is 1.58 bits per heavy atom. The van der Waals surface area contributed by atoms with Crippen LogP contribution in [-0.4, -0.2) is 17.3 Å². The van der Waals surface area contributed by atoms with E-state index >= 15 is 0 Å². The van der Waals surface area contributed by atoms with E-state index < -0.39 is 0 Å². The average Bonchev–Trinajstić information content (AvgIpc) is 2.36. The normalized spacial score (nSPS) is 25.3. The van der Waals surface area contributed by atoms with Crippen LogP contribution in [-0.2, 0) is 0 Å². The van der Waals surface area contributed by atoms with Crippen LogP contribution in [0.25, 0.3) is 0 Å². The van der Waals surface area contributed by atoms with E-state index in [4.69, 9.17) is 0 Å². The fourth-order valence-corrected chi connectivity index (χ4v) is 3.14. The van der Waals surface area contributed by atoms with Crippen molar-refractivity contribution in [1.29, 1.82) is 0 Å². The van der Waals surface area contributed by atoms with Gasteiger partial charge in [0.2, 0.25) is 0 Å². The molecule has 2 N–H and O–H groups in total. The van der Waals surface area contributed by atoms with E-state index in [0.717, 1.165) is 25.7 Å². The first-order valence-electron chi connectivity index (χ1n) is 7.49. The predicted octanol–water partition coefficient (Wildman–Crippen LogP) is 3.57. The molecule has 0 aromatic heterocycles. The van der Waals surface area contributed by atoms with Crippen molar-refractivity contribution in [3.8, 4) is 0 Å². The molecule has 0 saturated heterocycles. The van der Waals surface area contributed by atoms with Crippen LogP contribution in [0.2, 0.25) is 0 Å². The summed E-state index contributed by atoms with van der Waals surface area (Å²) < 4.78 is 0. The number of aryl methyl sites for hydroxylation is 3. The molecule has 2 nitrogen and oxygen atoms in total. The molecular formula is C17H27NO. The summed E-state index contributed by atoms with van der Waals surface area (Å²) in [6.45, 7) is 8.81. The molecule has 0 spiro atoms. The van der Waals surface area contributed by atoms with Gasteiger partial charge in [0.25, 0.3) is 0 Å². The maximum atomic E-state index is 9.56. The molecule has 0 amide bonds. The molecule has 1 aromatic rings. The highest BCUT2D eigenvalue weighted by Crippen LogP contribution is 2.25. The zero-order chi connectivity index (χ0) is 14.0. The number of benzene rings is 1. The molecule has 0 radical (unpaired) electrons. The minimum atomic E-state index is -0.0725. The fraction of sp³-hybridized carbons (Fsp3) is 0.647. The smallest absolute Gasteiger partial charge is 0.0541 e. The van der Waals surface area contributed by atoms with Gasteiger partial charge in [-0.15, -0.1) is 0 Å². The number of aliphatic hydroxyl groups excluding tert-OH is 1. The van der Waals surface area contributed by atoms with Crippen molar-refractivity contribution < 1.29 is 5.11 Å². The van der Waals surface area contributed by atoms with E-state index in [9.17, 15) is 5.11 Å². The highest BCUT2D eigenvalue weighted by atomic mass is 16.3. The van der Waals surface area contributed by atoms with Crippen molar-refractivity contribution >= 4 is 0 Å². The van der Waals surface area contributed by atoms with Crippen LogP contribution in [0.5, 0.6) is 0 Å². The highest BCUT2D eigenvalue weighted by molar-refractivity contribution is 5.38. The lowest BCUT2D eigenvalue weighted by molar-refractivity contribution is 0.114. The second kappa shape index (κ2) is 6.06. The molecule has 106 valence electrons. The molecular weight excluding hydrogens is 234 g/mol. The van der Waals surface area contributed by atoms with E-state index in [0.29, 0.717) is 12.1 Å². The van der Waals surface area contributed by atoms with Gasteiger partial charge in [0.1, 0.15) is 0 Å². The molecule has 1 aliphatic carbocycles. The first kappa shape index (κ1) is 14.5. The fourth-order valence-electron chi connectivity index (χ4n) is 3.14. The van der Waals surface area contributed by atoms with Gasteiger partial charge in [-0.3, -0.25) is 0 Å². The van der Waals surface area contributed by atoms with Crippen LogP contribution in [0.1, 0.15) is 60.9 Å². The van der Waals surface area contributed by atoms with Crippen LogP contribution in [0.3, 0.4) is 0 Å². The third-order valence-electron chi connectivity index (χ3n) is 4.53. The third kappa shape index (κ3) is 3.58. The lowest BCUT2D eigenvalue weighted by Gasteiger charge is -2.30. The maximum Gasteiger partial charge on any atom is 0.0541 e. The first-order valence-corrected chi connectivity index (χ1v) is 7.49. The van der Waals surface area contributed by atoms with E-state index in [1.165, 1.54) is 22.3 Å². The van der Waals surface area contributed by atoms with Crippen LogP contribution in [0, 0.1) is 20.8 Å². The Labute approximate surface area is 117 Å². The first-order chi connectivity index (χ1) is 8.97. The van der Waals surface area contributed by atoms with Crippen molar-refractivity contribution in [2.45, 2.75) is 71.6 Å². The van der Waals surface area contributed by atoms with Crippen LogP contribution >= 0.6 is 0 Å².